The van der Waals surface area contributed by atoms with Crippen molar-refractivity contribution >= 4 is 38.9 Å². The third-order valence-electron chi connectivity index (χ3n) is 2.66. The second kappa shape index (κ2) is 6.19. The van der Waals surface area contributed by atoms with Crippen molar-refractivity contribution in [1.82, 2.24) is 0 Å². The van der Waals surface area contributed by atoms with Crippen LogP contribution in [0.2, 0.25) is 10.0 Å². The highest BCUT2D eigenvalue weighted by atomic mass is 35.5. The summed E-state index contributed by atoms with van der Waals surface area (Å²) < 4.78 is 40.3. The number of hydrogen-bond acceptors (Lipinski definition) is 3. The summed E-state index contributed by atoms with van der Waals surface area (Å²) in [4.78, 5) is -0.579. The number of sulfonamides is 1. The van der Waals surface area contributed by atoms with Crippen molar-refractivity contribution in [2.24, 2.45) is 0 Å². The summed E-state index contributed by atoms with van der Waals surface area (Å²) in [6.07, 6.45) is 0. The van der Waals surface area contributed by atoms with Crippen LogP contribution in [0, 0.1) is 5.82 Å². The quantitative estimate of drug-likeness (QED) is 0.888. The molecule has 2 aromatic carbocycles. The standard InChI is InChI=1S/C13H10Cl2FNO3S/c14-9-2-1-3-11(13(9)15)17-21(19,20)12-6-8(7-18)4-5-10(12)16/h1-6,17-18H,7H2. The molecule has 0 aliphatic rings. The van der Waals surface area contributed by atoms with E-state index in [4.69, 9.17) is 28.3 Å². The summed E-state index contributed by atoms with van der Waals surface area (Å²) in [5, 5.41) is 9.20. The Morgan fingerprint density at radius 3 is 2.57 bits per heavy atom. The second-order valence-electron chi connectivity index (χ2n) is 4.13. The summed E-state index contributed by atoms with van der Waals surface area (Å²) in [6.45, 7) is -0.402. The fourth-order valence-corrected chi connectivity index (χ4v) is 3.24. The van der Waals surface area contributed by atoms with Crippen LogP contribution >= 0.6 is 23.2 Å². The highest BCUT2D eigenvalue weighted by Crippen LogP contribution is 2.31. The lowest BCUT2D eigenvalue weighted by Crippen LogP contribution is -2.15. The summed E-state index contributed by atoms with van der Waals surface area (Å²) in [5.74, 6) is -0.933. The molecule has 0 atom stereocenters. The van der Waals surface area contributed by atoms with Crippen LogP contribution in [0.15, 0.2) is 41.3 Å². The molecule has 0 heterocycles. The van der Waals surface area contributed by atoms with Gasteiger partial charge in [0.05, 0.1) is 22.3 Å². The van der Waals surface area contributed by atoms with Crippen LogP contribution in [-0.2, 0) is 16.6 Å². The molecule has 0 saturated carbocycles. The number of nitrogens with one attached hydrogen (secondary N) is 1. The first-order chi connectivity index (χ1) is 9.85. The van der Waals surface area contributed by atoms with Crippen molar-refractivity contribution in [1.29, 1.82) is 0 Å². The third-order valence-corrected chi connectivity index (χ3v) is 4.86. The van der Waals surface area contributed by atoms with Gasteiger partial charge in [-0.15, -0.1) is 0 Å². The monoisotopic (exact) mass is 349 g/mol. The smallest absolute Gasteiger partial charge is 0.264 e. The predicted octanol–water partition coefficient (Wildman–Crippen LogP) is 3.43. The van der Waals surface area contributed by atoms with Crippen molar-refractivity contribution in [2.45, 2.75) is 11.5 Å². The van der Waals surface area contributed by atoms with Gasteiger partial charge in [-0.05, 0) is 29.8 Å². The van der Waals surface area contributed by atoms with Gasteiger partial charge in [-0.3, -0.25) is 4.72 Å². The van der Waals surface area contributed by atoms with Crippen LogP contribution < -0.4 is 4.72 Å². The maximum Gasteiger partial charge on any atom is 0.264 e. The number of anilines is 1. The third kappa shape index (κ3) is 3.47. The number of aliphatic hydroxyl groups is 1. The molecule has 2 aromatic rings. The first-order valence-corrected chi connectivity index (χ1v) is 7.95. The van der Waals surface area contributed by atoms with E-state index in [9.17, 15) is 12.8 Å². The molecule has 0 fully saturated rings. The van der Waals surface area contributed by atoms with Gasteiger partial charge in [-0.1, -0.05) is 35.3 Å². The molecular formula is C13H10Cl2FNO3S. The second-order valence-corrected chi connectivity index (χ2v) is 6.57. The maximum atomic E-state index is 13.7. The number of halogens is 3. The van der Waals surface area contributed by atoms with Crippen LogP contribution in [0.1, 0.15) is 5.56 Å². The van der Waals surface area contributed by atoms with Gasteiger partial charge in [0.2, 0.25) is 0 Å². The summed E-state index contributed by atoms with van der Waals surface area (Å²) in [7, 11) is -4.20. The van der Waals surface area contributed by atoms with E-state index in [2.05, 4.69) is 4.72 Å². The Bertz CT molecular complexity index is 781. The average molecular weight is 350 g/mol. The van der Waals surface area contributed by atoms with Gasteiger partial charge in [0.15, 0.2) is 0 Å². The average Bonchev–Trinajstić information content (AvgIpc) is 2.44. The zero-order chi connectivity index (χ0) is 15.6. The molecule has 8 heteroatoms. The lowest BCUT2D eigenvalue weighted by atomic mass is 10.2. The number of aliphatic hydroxyl groups excluding tert-OH is 1. The first kappa shape index (κ1) is 16.0. The summed E-state index contributed by atoms with van der Waals surface area (Å²) in [6, 6.07) is 7.72. The minimum Gasteiger partial charge on any atom is -0.392 e. The molecule has 0 aliphatic heterocycles. The van der Waals surface area contributed by atoms with Crippen molar-refractivity contribution in [3.8, 4) is 0 Å². The van der Waals surface area contributed by atoms with E-state index >= 15 is 0 Å². The van der Waals surface area contributed by atoms with Gasteiger partial charge in [-0.25, -0.2) is 12.8 Å². The van der Waals surface area contributed by atoms with Crippen molar-refractivity contribution in [2.75, 3.05) is 4.72 Å². The van der Waals surface area contributed by atoms with Crippen LogP contribution in [-0.4, -0.2) is 13.5 Å². The number of benzene rings is 2. The van der Waals surface area contributed by atoms with E-state index in [-0.39, 0.29) is 21.3 Å². The number of rotatable bonds is 4. The molecule has 0 unspecified atom stereocenters. The molecule has 0 aliphatic carbocycles. The molecule has 0 spiro atoms. The van der Waals surface area contributed by atoms with Crippen LogP contribution in [0.4, 0.5) is 10.1 Å². The minimum atomic E-state index is -4.20. The topological polar surface area (TPSA) is 66.4 Å². The van der Waals surface area contributed by atoms with Crippen molar-refractivity contribution in [3.05, 3.63) is 57.8 Å². The molecule has 21 heavy (non-hydrogen) atoms. The molecule has 2 N–H and O–H groups in total. The van der Waals surface area contributed by atoms with Crippen molar-refractivity contribution < 1.29 is 17.9 Å². The Morgan fingerprint density at radius 1 is 1.19 bits per heavy atom. The maximum absolute atomic E-state index is 13.7. The highest BCUT2D eigenvalue weighted by Gasteiger charge is 2.21. The van der Waals surface area contributed by atoms with E-state index in [1.807, 2.05) is 0 Å². The zero-order valence-corrected chi connectivity index (χ0v) is 12.8. The fraction of sp³-hybridized carbons (Fsp3) is 0.0769. The molecule has 0 bridgehead atoms. The molecule has 4 nitrogen and oxygen atoms in total. The molecule has 2 rings (SSSR count). The SMILES string of the molecule is O=S(=O)(Nc1cccc(Cl)c1Cl)c1cc(CO)ccc1F. The van der Waals surface area contributed by atoms with Gasteiger partial charge in [0.25, 0.3) is 10.0 Å². The first-order valence-electron chi connectivity index (χ1n) is 5.71. The Balaban J connectivity index is 2.46. The molecule has 0 radical (unpaired) electrons. The van der Waals surface area contributed by atoms with Crippen LogP contribution in [0.5, 0.6) is 0 Å². The zero-order valence-electron chi connectivity index (χ0n) is 10.5. The van der Waals surface area contributed by atoms with E-state index < -0.39 is 27.3 Å². The normalized spacial score (nSPS) is 11.4. The van der Waals surface area contributed by atoms with E-state index in [0.29, 0.717) is 0 Å². The summed E-state index contributed by atoms with van der Waals surface area (Å²) >= 11 is 11.7. The molecule has 112 valence electrons. The Labute approximate surface area is 131 Å². The van der Waals surface area contributed by atoms with Gasteiger partial charge in [-0.2, -0.15) is 0 Å². The van der Waals surface area contributed by atoms with Gasteiger partial charge in [0.1, 0.15) is 10.7 Å². The van der Waals surface area contributed by atoms with Crippen LogP contribution in [0.25, 0.3) is 0 Å². The molecule has 0 amide bonds. The van der Waals surface area contributed by atoms with Crippen LogP contribution in [0.3, 0.4) is 0 Å². The Morgan fingerprint density at radius 2 is 1.90 bits per heavy atom. The van der Waals surface area contributed by atoms with Gasteiger partial charge in [0, 0.05) is 0 Å². The van der Waals surface area contributed by atoms with Gasteiger partial charge >= 0.3 is 0 Å². The Kier molecular flexibility index (Phi) is 4.73. The Hall–Kier alpha value is -1.34. The van der Waals surface area contributed by atoms with E-state index in [1.54, 1.807) is 0 Å². The van der Waals surface area contributed by atoms with Crippen molar-refractivity contribution in [3.63, 3.8) is 0 Å². The lowest BCUT2D eigenvalue weighted by molar-refractivity contribution is 0.281. The minimum absolute atomic E-state index is 0.0152. The fourth-order valence-electron chi connectivity index (χ4n) is 1.63. The summed E-state index contributed by atoms with van der Waals surface area (Å²) in [5.41, 5.74) is 0.312. The molecule has 0 saturated heterocycles. The van der Waals surface area contributed by atoms with E-state index in [1.165, 1.54) is 24.3 Å². The largest absolute Gasteiger partial charge is 0.392 e. The number of hydrogen-bond donors (Lipinski definition) is 2. The molecular weight excluding hydrogens is 340 g/mol. The lowest BCUT2D eigenvalue weighted by Gasteiger charge is -2.11. The molecule has 0 aromatic heterocycles. The highest BCUT2D eigenvalue weighted by molar-refractivity contribution is 7.92. The van der Waals surface area contributed by atoms with E-state index in [0.717, 1.165) is 12.1 Å². The van der Waals surface area contributed by atoms with Gasteiger partial charge < -0.3 is 5.11 Å². The predicted molar refractivity (Wildman–Crippen MR) is 79.6 cm³/mol.